The van der Waals surface area contributed by atoms with E-state index in [0.29, 0.717) is 24.2 Å². The van der Waals surface area contributed by atoms with Gasteiger partial charge in [0.25, 0.3) is 0 Å². The van der Waals surface area contributed by atoms with E-state index >= 15 is 0 Å². The van der Waals surface area contributed by atoms with Crippen molar-refractivity contribution in [2.45, 2.75) is 13.3 Å². The standard InChI is InChI=1S/C14H14N2O3/c1-2-7-18-12-3-5-13(6-4-12)19-14-15-8-11(10-17)9-16-14/h3-6,8-10H,2,7H2,1H3. The highest BCUT2D eigenvalue weighted by atomic mass is 16.5. The van der Waals surface area contributed by atoms with E-state index in [4.69, 9.17) is 9.47 Å². The van der Waals surface area contributed by atoms with Crippen molar-refractivity contribution in [2.24, 2.45) is 0 Å². The number of benzene rings is 1. The van der Waals surface area contributed by atoms with Gasteiger partial charge in [-0.15, -0.1) is 0 Å². The molecule has 0 amide bonds. The Labute approximate surface area is 111 Å². The zero-order valence-electron chi connectivity index (χ0n) is 10.6. The Bertz CT molecular complexity index is 523. The third-order valence-electron chi connectivity index (χ3n) is 2.29. The van der Waals surface area contributed by atoms with E-state index in [1.165, 1.54) is 12.4 Å². The van der Waals surface area contributed by atoms with Gasteiger partial charge in [0.2, 0.25) is 0 Å². The summed E-state index contributed by atoms with van der Waals surface area (Å²) in [7, 11) is 0. The van der Waals surface area contributed by atoms with Gasteiger partial charge in [0, 0.05) is 12.4 Å². The number of carbonyl (C=O) groups is 1. The molecule has 0 spiro atoms. The maximum absolute atomic E-state index is 10.5. The van der Waals surface area contributed by atoms with Crippen molar-refractivity contribution >= 4 is 6.29 Å². The van der Waals surface area contributed by atoms with Crippen molar-refractivity contribution in [3.63, 3.8) is 0 Å². The number of carbonyl (C=O) groups excluding carboxylic acids is 1. The molecule has 5 nitrogen and oxygen atoms in total. The molecule has 2 rings (SSSR count). The molecule has 0 aliphatic carbocycles. The third kappa shape index (κ3) is 3.77. The predicted octanol–water partition coefficient (Wildman–Crippen LogP) is 2.87. The Morgan fingerprint density at radius 1 is 1.11 bits per heavy atom. The van der Waals surface area contributed by atoms with E-state index in [-0.39, 0.29) is 6.01 Å². The zero-order chi connectivity index (χ0) is 13.5. The highest BCUT2D eigenvalue weighted by Crippen LogP contribution is 2.21. The van der Waals surface area contributed by atoms with E-state index in [1.807, 2.05) is 12.1 Å². The van der Waals surface area contributed by atoms with Crippen LogP contribution in [0.2, 0.25) is 0 Å². The molecule has 1 heterocycles. The molecule has 0 aliphatic rings. The molecule has 98 valence electrons. The summed E-state index contributed by atoms with van der Waals surface area (Å²) < 4.78 is 10.9. The number of nitrogens with zero attached hydrogens (tertiary/aromatic N) is 2. The second-order valence-electron chi connectivity index (χ2n) is 3.84. The summed E-state index contributed by atoms with van der Waals surface area (Å²) in [6.07, 6.45) is 4.47. The van der Waals surface area contributed by atoms with Crippen LogP contribution >= 0.6 is 0 Å². The van der Waals surface area contributed by atoms with Crippen molar-refractivity contribution in [2.75, 3.05) is 6.61 Å². The van der Waals surface area contributed by atoms with Crippen LogP contribution in [-0.2, 0) is 0 Å². The molecule has 19 heavy (non-hydrogen) atoms. The zero-order valence-corrected chi connectivity index (χ0v) is 10.6. The van der Waals surface area contributed by atoms with Gasteiger partial charge in [0.1, 0.15) is 11.5 Å². The fourth-order valence-corrected chi connectivity index (χ4v) is 1.37. The largest absolute Gasteiger partial charge is 0.494 e. The van der Waals surface area contributed by atoms with E-state index in [0.717, 1.165) is 12.2 Å². The van der Waals surface area contributed by atoms with Crippen LogP contribution in [0.3, 0.4) is 0 Å². The van der Waals surface area contributed by atoms with Gasteiger partial charge in [0.05, 0.1) is 12.2 Å². The minimum absolute atomic E-state index is 0.202. The molecule has 2 aromatic rings. The SMILES string of the molecule is CCCOc1ccc(Oc2ncc(C=O)cn2)cc1. The lowest BCUT2D eigenvalue weighted by Crippen LogP contribution is -1.95. The number of aromatic nitrogens is 2. The van der Waals surface area contributed by atoms with Crippen LogP contribution in [0.1, 0.15) is 23.7 Å². The highest BCUT2D eigenvalue weighted by molar-refractivity contribution is 5.73. The van der Waals surface area contributed by atoms with Gasteiger partial charge in [-0.1, -0.05) is 6.92 Å². The Balaban J connectivity index is 1.99. The first kappa shape index (κ1) is 13.0. The van der Waals surface area contributed by atoms with Gasteiger partial charge >= 0.3 is 6.01 Å². The summed E-state index contributed by atoms with van der Waals surface area (Å²) in [5.74, 6) is 1.41. The fourth-order valence-electron chi connectivity index (χ4n) is 1.37. The van der Waals surface area contributed by atoms with Crippen LogP contribution in [-0.4, -0.2) is 22.9 Å². The van der Waals surface area contributed by atoms with Gasteiger partial charge in [-0.3, -0.25) is 4.79 Å². The lowest BCUT2D eigenvalue weighted by atomic mass is 10.3. The normalized spacial score (nSPS) is 9.95. The summed E-state index contributed by atoms with van der Waals surface area (Å²) in [5, 5.41) is 0. The number of rotatable bonds is 6. The molecule has 0 unspecified atom stereocenters. The average Bonchev–Trinajstić information content (AvgIpc) is 2.47. The first-order valence-electron chi connectivity index (χ1n) is 5.99. The minimum atomic E-state index is 0.202. The topological polar surface area (TPSA) is 61.3 Å². The van der Waals surface area contributed by atoms with Crippen LogP contribution in [0.4, 0.5) is 0 Å². The number of aldehydes is 1. The second kappa shape index (κ2) is 6.49. The van der Waals surface area contributed by atoms with Crippen LogP contribution in [0.25, 0.3) is 0 Å². The van der Waals surface area contributed by atoms with Gasteiger partial charge in [-0.2, -0.15) is 0 Å². The quantitative estimate of drug-likeness (QED) is 0.745. The molecule has 0 bridgehead atoms. The van der Waals surface area contributed by atoms with Crippen molar-refractivity contribution < 1.29 is 14.3 Å². The molecule has 0 atom stereocenters. The average molecular weight is 258 g/mol. The van der Waals surface area contributed by atoms with Crippen molar-refractivity contribution in [3.05, 3.63) is 42.2 Å². The molecule has 0 N–H and O–H groups in total. The second-order valence-corrected chi connectivity index (χ2v) is 3.84. The third-order valence-corrected chi connectivity index (χ3v) is 2.29. The summed E-state index contributed by atoms with van der Waals surface area (Å²) in [6.45, 7) is 2.74. The summed E-state index contributed by atoms with van der Waals surface area (Å²) >= 11 is 0. The first-order chi connectivity index (χ1) is 9.31. The van der Waals surface area contributed by atoms with Crippen molar-refractivity contribution in [1.29, 1.82) is 0 Å². The Morgan fingerprint density at radius 3 is 2.32 bits per heavy atom. The van der Waals surface area contributed by atoms with E-state index < -0.39 is 0 Å². The monoisotopic (exact) mass is 258 g/mol. The minimum Gasteiger partial charge on any atom is -0.494 e. The van der Waals surface area contributed by atoms with Crippen LogP contribution in [0, 0.1) is 0 Å². The van der Waals surface area contributed by atoms with Crippen LogP contribution in [0.5, 0.6) is 17.5 Å². The van der Waals surface area contributed by atoms with Crippen LogP contribution < -0.4 is 9.47 Å². The Hall–Kier alpha value is -2.43. The van der Waals surface area contributed by atoms with Gasteiger partial charge < -0.3 is 9.47 Å². The van der Waals surface area contributed by atoms with Crippen molar-refractivity contribution in [1.82, 2.24) is 9.97 Å². The maximum atomic E-state index is 10.5. The molecule has 0 saturated heterocycles. The van der Waals surface area contributed by atoms with Gasteiger partial charge in [-0.25, -0.2) is 9.97 Å². The maximum Gasteiger partial charge on any atom is 0.321 e. The van der Waals surface area contributed by atoms with Gasteiger partial charge in [0.15, 0.2) is 6.29 Å². The predicted molar refractivity (Wildman–Crippen MR) is 69.7 cm³/mol. The molecule has 1 aromatic carbocycles. The van der Waals surface area contributed by atoms with E-state index in [2.05, 4.69) is 16.9 Å². The van der Waals surface area contributed by atoms with Crippen LogP contribution in [0.15, 0.2) is 36.7 Å². The van der Waals surface area contributed by atoms with Gasteiger partial charge in [-0.05, 0) is 30.7 Å². The smallest absolute Gasteiger partial charge is 0.321 e. The summed E-state index contributed by atoms with van der Waals surface area (Å²) in [4.78, 5) is 18.3. The van der Waals surface area contributed by atoms with E-state index in [9.17, 15) is 4.79 Å². The molecule has 5 heteroatoms. The molecule has 0 saturated carbocycles. The number of ether oxygens (including phenoxy) is 2. The first-order valence-corrected chi connectivity index (χ1v) is 5.99. The molecule has 0 aliphatic heterocycles. The molecule has 1 aromatic heterocycles. The van der Waals surface area contributed by atoms with Crippen molar-refractivity contribution in [3.8, 4) is 17.5 Å². The highest BCUT2D eigenvalue weighted by Gasteiger charge is 2.01. The Morgan fingerprint density at radius 2 is 1.74 bits per heavy atom. The fraction of sp³-hybridized carbons (Fsp3) is 0.214. The lowest BCUT2D eigenvalue weighted by Gasteiger charge is -2.06. The molecular weight excluding hydrogens is 244 g/mol. The molecular formula is C14H14N2O3. The van der Waals surface area contributed by atoms with E-state index in [1.54, 1.807) is 12.1 Å². The Kier molecular flexibility index (Phi) is 4.44. The lowest BCUT2D eigenvalue weighted by molar-refractivity contribution is 0.112. The molecule has 0 fully saturated rings. The summed E-state index contributed by atoms with van der Waals surface area (Å²) in [6, 6.07) is 7.41. The number of hydrogen-bond acceptors (Lipinski definition) is 5. The number of hydrogen-bond donors (Lipinski definition) is 0. The molecule has 0 radical (unpaired) electrons. The summed E-state index contributed by atoms with van der Waals surface area (Å²) in [5.41, 5.74) is 0.413.